The fraction of sp³-hybridized carbons (Fsp3) is 0.231. The van der Waals surface area contributed by atoms with Crippen LogP contribution in [0, 0.1) is 0 Å². The molecule has 0 saturated carbocycles. The van der Waals surface area contributed by atoms with Crippen LogP contribution < -0.4 is 21.3 Å². The Morgan fingerprint density at radius 2 is 1.74 bits per heavy atom. The summed E-state index contributed by atoms with van der Waals surface area (Å²) in [6, 6.07) is 14.4. The smallest absolute Gasteiger partial charge is 0.335 e. The number of piperidine rings is 1. The molecular formula is C26H23F3N6O2S. The number of hydrogen-bond donors (Lipinski definition) is 4. The molecule has 38 heavy (non-hydrogen) atoms. The van der Waals surface area contributed by atoms with Crippen molar-refractivity contribution in [3.05, 3.63) is 71.8 Å². The standard InChI is InChI=1S/C26H23F3N6O2S/c27-26(28,29)17-5-2-6-19(14-17)31-22(36)16-4-1-3-15(13-16)20-7-8-21-23(33-20)38-25(34-21)35-24(37)32-18-9-11-30-12-10-18/h1-8,13-14,18,30H,9-12H2,(H,31,36)(H2,32,34,35,37). The molecule has 1 aliphatic heterocycles. The molecule has 3 amide bonds. The fourth-order valence-corrected chi connectivity index (χ4v) is 4.95. The maximum atomic E-state index is 13.0. The molecule has 4 N–H and O–H groups in total. The second-order valence-electron chi connectivity index (χ2n) is 8.78. The van der Waals surface area contributed by atoms with Crippen LogP contribution in [0.3, 0.4) is 0 Å². The normalized spacial score (nSPS) is 14.3. The molecule has 0 unspecified atom stereocenters. The number of anilines is 2. The summed E-state index contributed by atoms with van der Waals surface area (Å²) < 4.78 is 39.0. The van der Waals surface area contributed by atoms with Crippen LogP contribution in [0.15, 0.2) is 60.7 Å². The highest BCUT2D eigenvalue weighted by atomic mass is 32.1. The summed E-state index contributed by atoms with van der Waals surface area (Å²) in [7, 11) is 0. The van der Waals surface area contributed by atoms with Crippen molar-refractivity contribution < 1.29 is 22.8 Å². The van der Waals surface area contributed by atoms with Crippen LogP contribution in [-0.2, 0) is 6.18 Å². The third-order valence-electron chi connectivity index (χ3n) is 6.02. The molecule has 5 rings (SSSR count). The van der Waals surface area contributed by atoms with E-state index >= 15 is 0 Å². The number of halogens is 3. The lowest BCUT2D eigenvalue weighted by atomic mass is 10.1. The van der Waals surface area contributed by atoms with E-state index in [4.69, 9.17) is 0 Å². The van der Waals surface area contributed by atoms with Crippen LogP contribution in [0.1, 0.15) is 28.8 Å². The Morgan fingerprint density at radius 3 is 2.53 bits per heavy atom. The number of nitrogens with zero attached hydrogens (tertiary/aromatic N) is 2. The van der Waals surface area contributed by atoms with Gasteiger partial charge < -0.3 is 16.0 Å². The van der Waals surface area contributed by atoms with Crippen LogP contribution in [-0.4, -0.2) is 41.0 Å². The quantitative estimate of drug-likeness (QED) is 0.267. The maximum Gasteiger partial charge on any atom is 0.416 e. The number of benzene rings is 2. The molecule has 1 aliphatic rings. The number of rotatable bonds is 5. The monoisotopic (exact) mass is 540 g/mol. The Hall–Kier alpha value is -4.03. The number of fused-ring (bicyclic) bond motifs is 1. The Bertz CT molecular complexity index is 1480. The highest BCUT2D eigenvalue weighted by molar-refractivity contribution is 7.22. The Morgan fingerprint density at radius 1 is 0.947 bits per heavy atom. The Kier molecular flexibility index (Phi) is 7.25. The van der Waals surface area contributed by atoms with Gasteiger partial charge in [-0.25, -0.2) is 14.8 Å². The van der Waals surface area contributed by atoms with Crippen molar-refractivity contribution in [2.24, 2.45) is 0 Å². The van der Waals surface area contributed by atoms with Gasteiger partial charge in [-0.1, -0.05) is 29.5 Å². The van der Waals surface area contributed by atoms with Crippen molar-refractivity contribution in [1.29, 1.82) is 0 Å². The highest BCUT2D eigenvalue weighted by Crippen LogP contribution is 2.31. The minimum Gasteiger partial charge on any atom is -0.335 e. The molecular weight excluding hydrogens is 517 g/mol. The maximum absolute atomic E-state index is 13.0. The number of carbonyl (C=O) groups is 2. The van der Waals surface area contributed by atoms with Crippen LogP contribution in [0.25, 0.3) is 21.6 Å². The van der Waals surface area contributed by atoms with E-state index in [-0.39, 0.29) is 23.3 Å². The number of hydrogen-bond acceptors (Lipinski definition) is 6. The van der Waals surface area contributed by atoms with E-state index in [0.717, 1.165) is 38.1 Å². The summed E-state index contributed by atoms with van der Waals surface area (Å²) in [6.45, 7) is 1.74. The van der Waals surface area contributed by atoms with Gasteiger partial charge in [-0.3, -0.25) is 10.1 Å². The summed E-state index contributed by atoms with van der Waals surface area (Å²) in [4.78, 5) is 34.8. The lowest BCUT2D eigenvalue weighted by molar-refractivity contribution is -0.137. The van der Waals surface area contributed by atoms with E-state index in [2.05, 4.69) is 31.2 Å². The van der Waals surface area contributed by atoms with Crippen molar-refractivity contribution in [1.82, 2.24) is 20.6 Å². The SMILES string of the molecule is O=C(Nc1nc2ccc(-c3cccc(C(=O)Nc4cccc(C(F)(F)F)c4)c3)nc2s1)NC1CCNCC1. The van der Waals surface area contributed by atoms with Gasteiger partial charge in [-0.15, -0.1) is 0 Å². The molecule has 2 aromatic heterocycles. The number of nitrogens with one attached hydrogen (secondary N) is 4. The van der Waals surface area contributed by atoms with Crippen molar-refractivity contribution in [3.63, 3.8) is 0 Å². The number of aromatic nitrogens is 2. The molecule has 2 aromatic carbocycles. The fourth-order valence-electron chi connectivity index (χ4n) is 4.11. The molecule has 0 atom stereocenters. The number of amides is 3. The predicted molar refractivity (Wildman–Crippen MR) is 140 cm³/mol. The number of alkyl halides is 3. The van der Waals surface area contributed by atoms with E-state index in [1.165, 1.54) is 23.5 Å². The van der Waals surface area contributed by atoms with Crippen molar-refractivity contribution in [3.8, 4) is 11.3 Å². The predicted octanol–water partition coefficient (Wildman–Crippen LogP) is 5.50. The molecule has 1 fully saturated rings. The molecule has 12 heteroatoms. The average Bonchev–Trinajstić information content (AvgIpc) is 3.30. The molecule has 0 spiro atoms. The van der Waals surface area contributed by atoms with E-state index < -0.39 is 17.6 Å². The van der Waals surface area contributed by atoms with Gasteiger partial charge in [0, 0.05) is 22.9 Å². The zero-order valence-electron chi connectivity index (χ0n) is 19.9. The third-order valence-corrected chi connectivity index (χ3v) is 6.90. The van der Waals surface area contributed by atoms with Crippen molar-refractivity contribution in [2.75, 3.05) is 23.7 Å². The molecule has 196 valence electrons. The molecule has 1 saturated heterocycles. The Labute approximate surface area is 219 Å². The first-order chi connectivity index (χ1) is 18.2. The third kappa shape index (κ3) is 6.09. The highest BCUT2D eigenvalue weighted by Gasteiger charge is 2.30. The topological polar surface area (TPSA) is 108 Å². The zero-order valence-corrected chi connectivity index (χ0v) is 20.7. The van der Waals surface area contributed by atoms with Gasteiger partial charge in [-0.05, 0) is 68.4 Å². The first-order valence-corrected chi connectivity index (χ1v) is 12.7. The van der Waals surface area contributed by atoms with Gasteiger partial charge in [0.15, 0.2) is 5.13 Å². The van der Waals surface area contributed by atoms with E-state index in [1.54, 1.807) is 36.4 Å². The lowest BCUT2D eigenvalue weighted by Crippen LogP contribution is -2.44. The number of thiazole rings is 1. The molecule has 0 bridgehead atoms. The van der Waals surface area contributed by atoms with Crippen LogP contribution in [0.2, 0.25) is 0 Å². The van der Waals surface area contributed by atoms with Gasteiger partial charge in [0.25, 0.3) is 5.91 Å². The minimum atomic E-state index is -4.51. The number of urea groups is 1. The zero-order chi connectivity index (χ0) is 26.7. The van der Waals surface area contributed by atoms with Gasteiger partial charge in [0.05, 0.1) is 11.3 Å². The molecule has 8 nitrogen and oxygen atoms in total. The molecule has 4 aromatic rings. The Balaban J connectivity index is 1.29. The van der Waals surface area contributed by atoms with E-state index in [0.29, 0.717) is 26.7 Å². The van der Waals surface area contributed by atoms with Gasteiger partial charge in [-0.2, -0.15) is 13.2 Å². The van der Waals surface area contributed by atoms with Crippen LogP contribution >= 0.6 is 11.3 Å². The summed E-state index contributed by atoms with van der Waals surface area (Å²) in [5.74, 6) is -0.545. The van der Waals surface area contributed by atoms with Crippen molar-refractivity contribution >= 4 is 44.4 Å². The average molecular weight is 541 g/mol. The van der Waals surface area contributed by atoms with Gasteiger partial charge in [0.2, 0.25) is 0 Å². The summed E-state index contributed by atoms with van der Waals surface area (Å²) in [6.07, 6.45) is -2.77. The summed E-state index contributed by atoms with van der Waals surface area (Å²) in [5, 5.41) is 11.9. The minimum absolute atomic E-state index is 0.0450. The van der Waals surface area contributed by atoms with Gasteiger partial charge >= 0.3 is 12.2 Å². The first-order valence-electron chi connectivity index (χ1n) is 11.9. The molecule has 3 heterocycles. The largest absolute Gasteiger partial charge is 0.416 e. The van der Waals surface area contributed by atoms with Gasteiger partial charge in [0.1, 0.15) is 10.3 Å². The van der Waals surface area contributed by atoms with Crippen LogP contribution in [0.5, 0.6) is 0 Å². The van der Waals surface area contributed by atoms with Crippen LogP contribution in [0.4, 0.5) is 28.8 Å². The number of carbonyl (C=O) groups excluding carboxylic acids is 2. The second-order valence-corrected chi connectivity index (χ2v) is 9.75. The molecule has 0 radical (unpaired) electrons. The molecule has 0 aliphatic carbocycles. The second kappa shape index (κ2) is 10.8. The van der Waals surface area contributed by atoms with E-state index in [1.807, 2.05) is 0 Å². The van der Waals surface area contributed by atoms with E-state index in [9.17, 15) is 22.8 Å². The lowest BCUT2D eigenvalue weighted by Gasteiger charge is -2.23. The number of pyridine rings is 1. The first kappa shape index (κ1) is 25.6. The summed E-state index contributed by atoms with van der Waals surface area (Å²) in [5.41, 5.74) is 1.32. The van der Waals surface area contributed by atoms with Crippen molar-refractivity contribution in [2.45, 2.75) is 25.1 Å². The summed E-state index contributed by atoms with van der Waals surface area (Å²) >= 11 is 1.23.